The quantitative estimate of drug-likeness (QED) is 0.192. The van der Waals surface area contributed by atoms with Gasteiger partial charge >= 0.3 is 5.97 Å². The fourth-order valence-electron chi connectivity index (χ4n) is 5.58. The number of carboxylic acid groups (broad SMARTS) is 1. The molecule has 3 atom stereocenters. The molecule has 3 aliphatic heterocycles. The van der Waals surface area contributed by atoms with E-state index < -0.39 is 23.5 Å². The number of fused-ring (bicyclic) bond motifs is 2. The molecule has 2 unspecified atom stereocenters. The SMILES string of the molecule is CC12C=CC=CC1C=C(C(=O)N1CCc3c(cc(Cl)c(C(=O)N[C@@H](CN=C(NC#N)N4CCCC4)C(=O)O)c3Cl)C1)O2. The summed E-state index contributed by atoms with van der Waals surface area (Å²) in [7, 11) is 0. The Kier molecular flexibility index (Phi) is 8.48. The van der Waals surface area contributed by atoms with Crippen LogP contribution in [0.3, 0.4) is 0 Å². The molecule has 4 aliphatic rings. The molecule has 2 amide bonds. The molecule has 0 spiro atoms. The molecule has 1 aliphatic carbocycles. The first-order valence-electron chi connectivity index (χ1n) is 13.7. The summed E-state index contributed by atoms with van der Waals surface area (Å²) >= 11 is 13.2. The van der Waals surface area contributed by atoms with Gasteiger partial charge in [0.2, 0.25) is 5.96 Å². The molecule has 5 rings (SSSR count). The molecule has 3 heterocycles. The smallest absolute Gasteiger partial charge is 0.328 e. The first-order valence-corrected chi connectivity index (χ1v) is 14.4. The van der Waals surface area contributed by atoms with Crippen molar-refractivity contribution in [2.75, 3.05) is 26.2 Å². The largest absolute Gasteiger partial charge is 0.480 e. The summed E-state index contributed by atoms with van der Waals surface area (Å²) in [4.78, 5) is 46.3. The van der Waals surface area contributed by atoms with Gasteiger partial charge < -0.3 is 25.0 Å². The Morgan fingerprint density at radius 2 is 2.00 bits per heavy atom. The van der Waals surface area contributed by atoms with E-state index in [-0.39, 0.29) is 52.2 Å². The maximum absolute atomic E-state index is 13.3. The Morgan fingerprint density at radius 3 is 2.69 bits per heavy atom. The van der Waals surface area contributed by atoms with E-state index in [4.69, 9.17) is 33.2 Å². The van der Waals surface area contributed by atoms with Crippen molar-refractivity contribution in [3.63, 3.8) is 0 Å². The molecule has 1 fully saturated rings. The number of carbonyl (C=O) groups is 3. The number of rotatable bonds is 6. The van der Waals surface area contributed by atoms with Crippen LogP contribution >= 0.6 is 23.2 Å². The minimum Gasteiger partial charge on any atom is -0.480 e. The van der Waals surface area contributed by atoms with Gasteiger partial charge in [-0.2, -0.15) is 5.26 Å². The maximum Gasteiger partial charge on any atom is 0.328 e. The number of nitriles is 1. The van der Waals surface area contributed by atoms with Crippen LogP contribution in [0.2, 0.25) is 10.0 Å². The lowest BCUT2D eigenvalue weighted by Gasteiger charge is -2.32. The lowest BCUT2D eigenvalue weighted by Crippen LogP contribution is -2.45. The molecule has 42 heavy (non-hydrogen) atoms. The van der Waals surface area contributed by atoms with E-state index in [2.05, 4.69) is 15.6 Å². The predicted octanol–water partition coefficient (Wildman–Crippen LogP) is 3.00. The van der Waals surface area contributed by atoms with Crippen LogP contribution in [0.15, 0.2) is 47.2 Å². The van der Waals surface area contributed by atoms with Gasteiger partial charge in [-0.3, -0.25) is 14.9 Å². The summed E-state index contributed by atoms with van der Waals surface area (Å²) in [5.74, 6) is -1.78. The van der Waals surface area contributed by atoms with Crippen LogP contribution in [0, 0.1) is 17.4 Å². The molecule has 220 valence electrons. The number of halogens is 2. The number of amides is 2. The second-order valence-electron chi connectivity index (χ2n) is 10.7. The summed E-state index contributed by atoms with van der Waals surface area (Å²) in [6.45, 7) is 3.59. The number of benzene rings is 1. The number of hydrogen-bond donors (Lipinski definition) is 3. The molecule has 0 bridgehead atoms. The van der Waals surface area contributed by atoms with E-state index in [9.17, 15) is 19.5 Å². The second-order valence-corrected chi connectivity index (χ2v) is 11.5. The fourth-order valence-corrected chi connectivity index (χ4v) is 6.35. The van der Waals surface area contributed by atoms with Crippen LogP contribution in [0.4, 0.5) is 0 Å². The monoisotopic (exact) mass is 612 g/mol. The van der Waals surface area contributed by atoms with Gasteiger partial charge in [-0.05, 0) is 55.5 Å². The second kappa shape index (κ2) is 12.1. The Morgan fingerprint density at radius 1 is 1.24 bits per heavy atom. The standard InChI is InChI=1S/C29H30Cl2N6O5/c1-29-8-3-2-6-18(29)13-22(42-29)26(39)37-11-7-19-17(15-37)12-20(30)23(24(19)31)25(38)35-21(27(40)41)14-33-28(34-16-32)36-9-4-5-10-36/h2-3,6,8,12-13,18,21H,4-5,7,9-11,14-15H2,1H3,(H,33,34)(H,35,38)(H,40,41)/t18?,21-,29?/m0/s1. The van der Waals surface area contributed by atoms with Crippen molar-refractivity contribution < 1.29 is 24.2 Å². The Labute approximate surface area is 253 Å². The van der Waals surface area contributed by atoms with Gasteiger partial charge in [0, 0.05) is 32.1 Å². The summed E-state index contributed by atoms with van der Waals surface area (Å²) in [6.07, 6.45) is 13.7. The Bertz CT molecular complexity index is 1480. The van der Waals surface area contributed by atoms with E-state index in [1.165, 1.54) is 0 Å². The number of guanidine groups is 1. The highest BCUT2D eigenvalue weighted by Gasteiger charge is 2.42. The third-order valence-corrected chi connectivity index (χ3v) is 8.62. The Balaban J connectivity index is 1.29. The number of allylic oxidation sites excluding steroid dienone is 2. The molecule has 0 aromatic heterocycles. The first kappa shape index (κ1) is 29.5. The van der Waals surface area contributed by atoms with E-state index in [0.29, 0.717) is 37.2 Å². The van der Waals surface area contributed by atoms with Crippen molar-refractivity contribution in [2.45, 2.75) is 44.4 Å². The van der Waals surface area contributed by atoms with Crippen molar-refractivity contribution in [1.82, 2.24) is 20.4 Å². The molecular weight excluding hydrogens is 583 g/mol. The van der Waals surface area contributed by atoms with E-state index in [1.54, 1.807) is 11.0 Å². The topological polar surface area (TPSA) is 147 Å². The minimum absolute atomic E-state index is 0.0294. The average molecular weight is 614 g/mol. The van der Waals surface area contributed by atoms with Crippen molar-refractivity contribution in [3.8, 4) is 6.19 Å². The molecule has 1 aromatic carbocycles. The number of carboxylic acids is 1. The van der Waals surface area contributed by atoms with Crippen LogP contribution in [-0.4, -0.2) is 76.5 Å². The molecule has 1 saturated heterocycles. The summed E-state index contributed by atoms with van der Waals surface area (Å²) in [5, 5.41) is 23.9. The van der Waals surface area contributed by atoms with Crippen molar-refractivity contribution >= 4 is 46.9 Å². The number of aliphatic carboxylic acids is 1. The fraction of sp³-hybridized carbons (Fsp3) is 0.414. The normalized spacial score (nSPS) is 23.3. The van der Waals surface area contributed by atoms with Crippen LogP contribution in [0.1, 0.15) is 41.3 Å². The Hall–Kier alpha value is -4.01. The van der Waals surface area contributed by atoms with E-state index in [1.807, 2.05) is 48.4 Å². The third-order valence-electron chi connectivity index (χ3n) is 7.91. The number of hydrogen-bond acceptors (Lipinski definition) is 6. The summed E-state index contributed by atoms with van der Waals surface area (Å²) < 4.78 is 6.03. The molecular formula is C29H30Cl2N6O5. The van der Waals surface area contributed by atoms with Gasteiger partial charge in [0.25, 0.3) is 11.8 Å². The van der Waals surface area contributed by atoms with E-state index >= 15 is 0 Å². The van der Waals surface area contributed by atoms with Crippen LogP contribution in [0.5, 0.6) is 0 Å². The molecule has 0 radical (unpaired) electrons. The number of likely N-dealkylation sites (tertiary alicyclic amines) is 1. The third kappa shape index (κ3) is 5.82. The number of ether oxygens (including phenoxy) is 1. The van der Waals surface area contributed by atoms with Gasteiger partial charge in [-0.25, -0.2) is 9.79 Å². The van der Waals surface area contributed by atoms with Crippen LogP contribution < -0.4 is 10.6 Å². The molecule has 13 heteroatoms. The van der Waals surface area contributed by atoms with E-state index in [0.717, 1.165) is 12.8 Å². The maximum atomic E-state index is 13.3. The van der Waals surface area contributed by atoms with Crippen molar-refractivity contribution in [2.24, 2.45) is 10.9 Å². The summed E-state index contributed by atoms with van der Waals surface area (Å²) in [5.41, 5.74) is 0.728. The zero-order valence-electron chi connectivity index (χ0n) is 22.9. The highest BCUT2D eigenvalue weighted by Crippen LogP contribution is 2.40. The summed E-state index contributed by atoms with van der Waals surface area (Å²) in [6, 6.07) is 0.200. The van der Waals surface area contributed by atoms with Crippen LogP contribution in [0.25, 0.3) is 0 Å². The molecule has 0 saturated carbocycles. The van der Waals surface area contributed by atoms with Gasteiger partial charge in [0.1, 0.15) is 11.6 Å². The zero-order chi connectivity index (χ0) is 30.0. The average Bonchev–Trinajstić information content (AvgIpc) is 3.61. The highest BCUT2D eigenvalue weighted by atomic mass is 35.5. The van der Waals surface area contributed by atoms with Gasteiger partial charge in [-0.1, -0.05) is 41.4 Å². The number of carbonyl (C=O) groups excluding carboxylic acids is 2. The first-order chi connectivity index (χ1) is 20.1. The lowest BCUT2D eigenvalue weighted by atomic mass is 9.87. The van der Waals surface area contributed by atoms with Crippen molar-refractivity contribution in [1.29, 1.82) is 5.26 Å². The van der Waals surface area contributed by atoms with Gasteiger partial charge in [0.05, 0.1) is 22.2 Å². The zero-order valence-corrected chi connectivity index (χ0v) is 24.4. The number of nitrogens with zero attached hydrogens (tertiary/aromatic N) is 4. The number of nitrogens with one attached hydrogen (secondary N) is 2. The van der Waals surface area contributed by atoms with Gasteiger partial charge in [0.15, 0.2) is 12.0 Å². The molecule has 11 nitrogen and oxygen atoms in total. The van der Waals surface area contributed by atoms with Gasteiger partial charge in [-0.15, -0.1) is 0 Å². The minimum atomic E-state index is -1.39. The lowest BCUT2D eigenvalue weighted by molar-refractivity contribution is -0.139. The van der Waals surface area contributed by atoms with Crippen molar-refractivity contribution in [3.05, 3.63) is 68.9 Å². The van der Waals surface area contributed by atoms with Crippen LogP contribution in [-0.2, 0) is 27.3 Å². The molecule has 3 N–H and O–H groups in total. The number of aliphatic imine (C=N–C) groups is 1. The molecule has 1 aromatic rings. The highest BCUT2D eigenvalue weighted by molar-refractivity contribution is 6.40. The predicted molar refractivity (Wildman–Crippen MR) is 156 cm³/mol.